The van der Waals surface area contributed by atoms with Crippen molar-refractivity contribution in [1.29, 1.82) is 5.26 Å². The Morgan fingerprint density at radius 3 is 2.89 bits per heavy atom. The molecule has 2 aromatic rings. The van der Waals surface area contributed by atoms with Gasteiger partial charge in [-0.25, -0.2) is 0 Å². The first kappa shape index (κ1) is 13.2. The van der Waals surface area contributed by atoms with E-state index in [9.17, 15) is 4.79 Å². The summed E-state index contributed by atoms with van der Waals surface area (Å²) in [5.41, 5.74) is 1.84. The number of furan rings is 1. The second-order valence-corrected chi connectivity index (χ2v) is 4.44. The maximum absolute atomic E-state index is 12.3. The highest BCUT2D eigenvalue weighted by Gasteiger charge is 2.18. The van der Waals surface area contributed by atoms with E-state index in [1.807, 2.05) is 38.1 Å². The van der Waals surface area contributed by atoms with Gasteiger partial charge < -0.3 is 9.32 Å². The number of carbonyl (C=O) groups is 1. The molecule has 4 nitrogen and oxygen atoms in total. The van der Waals surface area contributed by atoms with Crippen LogP contribution in [0.25, 0.3) is 11.0 Å². The minimum Gasteiger partial charge on any atom is -0.451 e. The molecule has 1 aromatic carbocycles. The standard InChI is InChI=1S/C15H16N2O2/c1-3-17(8-4-7-16)15(18)14-10-12-9-11(2)5-6-13(12)19-14/h5-6,9-10H,3-4,8H2,1-2H3. The van der Waals surface area contributed by atoms with Crippen molar-refractivity contribution in [2.45, 2.75) is 20.3 Å². The molecule has 19 heavy (non-hydrogen) atoms. The van der Waals surface area contributed by atoms with Gasteiger partial charge in [0.15, 0.2) is 5.76 Å². The number of rotatable bonds is 4. The summed E-state index contributed by atoms with van der Waals surface area (Å²) >= 11 is 0. The number of carbonyl (C=O) groups excluding carboxylic acids is 1. The predicted molar refractivity (Wildman–Crippen MR) is 72.8 cm³/mol. The Balaban J connectivity index is 2.27. The summed E-state index contributed by atoms with van der Waals surface area (Å²) in [6.07, 6.45) is 0.332. The van der Waals surface area contributed by atoms with Crippen molar-refractivity contribution in [3.8, 4) is 6.07 Å². The zero-order chi connectivity index (χ0) is 13.8. The normalized spacial score (nSPS) is 10.4. The van der Waals surface area contributed by atoms with Gasteiger partial charge in [-0.3, -0.25) is 4.79 Å². The Labute approximate surface area is 112 Å². The lowest BCUT2D eigenvalue weighted by Gasteiger charge is -2.17. The van der Waals surface area contributed by atoms with Crippen molar-refractivity contribution >= 4 is 16.9 Å². The fraction of sp³-hybridized carbons (Fsp3) is 0.333. The van der Waals surface area contributed by atoms with E-state index in [0.717, 1.165) is 10.9 Å². The van der Waals surface area contributed by atoms with Crippen LogP contribution >= 0.6 is 0 Å². The quantitative estimate of drug-likeness (QED) is 0.844. The van der Waals surface area contributed by atoms with Gasteiger partial charge in [0.25, 0.3) is 5.91 Å². The van der Waals surface area contributed by atoms with E-state index in [0.29, 0.717) is 30.9 Å². The van der Waals surface area contributed by atoms with Crippen molar-refractivity contribution < 1.29 is 9.21 Å². The van der Waals surface area contributed by atoms with Crippen LogP contribution in [-0.4, -0.2) is 23.9 Å². The highest BCUT2D eigenvalue weighted by molar-refractivity contribution is 5.96. The first-order valence-electron chi connectivity index (χ1n) is 6.32. The van der Waals surface area contributed by atoms with Crippen molar-refractivity contribution in [1.82, 2.24) is 4.90 Å². The largest absolute Gasteiger partial charge is 0.451 e. The lowest BCUT2D eigenvalue weighted by atomic mass is 10.2. The second kappa shape index (κ2) is 5.57. The van der Waals surface area contributed by atoms with Crippen molar-refractivity contribution in [3.63, 3.8) is 0 Å². The zero-order valence-electron chi connectivity index (χ0n) is 11.1. The number of benzene rings is 1. The van der Waals surface area contributed by atoms with Crippen LogP contribution in [-0.2, 0) is 0 Å². The monoisotopic (exact) mass is 256 g/mol. The first-order chi connectivity index (χ1) is 9.15. The van der Waals surface area contributed by atoms with Crippen LogP contribution in [0.3, 0.4) is 0 Å². The summed E-state index contributed by atoms with van der Waals surface area (Å²) in [5.74, 6) is 0.173. The van der Waals surface area contributed by atoms with E-state index in [-0.39, 0.29) is 5.91 Å². The van der Waals surface area contributed by atoms with Gasteiger partial charge in [-0.05, 0) is 32.0 Å². The Kier molecular flexibility index (Phi) is 3.86. The Morgan fingerprint density at radius 1 is 1.42 bits per heavy atom. The molecule has 0 N–H and O–H groups in total. The van der Waals surface area contributed by atoms with E-state index in [1.54, 1.807) is 11.0 Å². The lowest BCUT2D eigenvalue weighted by molar-refractivity contribution is 0.0738. The number of aryl methyl sites for hydroxylation is 1. The van der Waals surface area contributed by atoms with Gasteiger partial charge >= 0.3 is 0 Å². The third-order valence-corrected chi connectivity index (χ3v) is 3.05. The molecule has 2 rings (SSSR count). The molecule has 0 radical (unpaired) electrons. The van der Waals surface area contributed by atoms with E-state index in [1.165, 1.54) is 0 Å². The molecular weight excluding hydrogens is 240 g/mol. The molecular formula is C15H16N2O2. The molecule has 0 saturated carbocycles. The summed E-state index contributed by atoms with van der Waals surface area (Å²) in [6.45, 7) is 4.89. The van der Waals surface area contributed by atoms with Crippen LogP contribution in [0.15, 0.2) is 28.7 Å². The molecule has 0 bridgehead atoms. The average molecular weight is 256 g/mol. The van der Waals surface area contributed by atoms with Gasteiger partial charge in [0, 0.05) is 18.5 Å². The minimum absolute atomic E-state index is 0.161. The van der Waals surface area contributed by atoms with E-state index >= 15 is 0 Å². The molecule has 98 valence electrons. The molecule has 4 heteroatoms. The first-order valence-corrected chi connectivity index (χ1v) is 6.32. The number of nitrogens with zero attached hydrogens (tertiary/aromatic N) is 2. The predicted octanol–water partition coefficient (Wildman–Crippen LogP) is 3.12. The topological polar surface area (TPSA) is 57.2 Å². The van der Waals surface area contributed by atoms with E-state index < -0.39 is 0 Å². The Hall–Kier alpha value is -2.28. The second-order valence-electron chi connectivity index (χ2n) is 4.44. The van der Waals surface area contributed by atoms with Crippen LogP contribution in [0, 0.1) is 18.3 Å². The van der Waals surface area contributed by atoms with E-state index in [2.05, 4.69) is 0 Å². The number of amides is 1. The summed E-state index contributed by atoms with van der Waals surface area (Å²) in [7, 11) is 0. The summed E-state index contributed by atoms with van der Waals surface area (Å²) in [5, 5.41) is 9.53. The van der Waals surface area contributed by atoms with Gasteiger partial charge in [-0.15, -0.1) is 0 Å². The van der Waals surface area contributed by atoms with Gasteiger partial charge in [-0.2, -0.15) is 5.26 Å². The van der Waals surface area contributed by atoms with Crippen LogP contribution in [0.4, 0.5) is 0 Å². The van der Waals surface area contributed by atoms with Crippen molar-refractivity contribution in [2.75, 3.05) is 13.1 Å². The van der Waals surface area contributed by atoms with Gasteiger partial charge in [0.2, 0.25) is 0 Å². The number of hydrogen-bond acceptors (Lipinski definition) is 3. The zero-order valence-corrected chi connectivity index (χ0v) is 11.1. The van der Waals surface area contributed by atoms with Gasteiger partial charge in [0.05, 0.1) is 12.5 Å². The molecule has 1 aromatic heterocycles. The molecule has 0 atom stereocenters. The summed E-state index contributed by atoms with van der Waals surface area (Å²) < 4.78 is 5.57. The number of nitriles is 1. The maximum atomic E-state index is 12.3. The third kappa shape index (κ3) is 2.76. The van der Waals surface area contributed by atoms with Gasteiger partial charge in [-0.1, -0.05) is 11.6 Å². The molecule has 0 unspecified atom stereocenters. The van der Waals surface area contributed by atoms with Crippen LogP contribution < -0.4 is 0 Å². The molecule has 0 spiro atoms. The van der Waals surface area contributed by atoms with Crippen LogP contribution in [0.5, 0.6) is 0 Å². The third-order valence-electron chi connectivity index (χ3n) is 3.05. The molecule has 0 aliphatic carbocycles. The highest BCUT2D eigenvalue weighted by atomic mass is 16.3. The Morgan fingerprint density at radius 2 is 2.21 bits per heavy atom. The Bertz CT molecular complexity index is 637. The number of fused-ring (bicyclic) bond motifs is 1. The molecule has 1 heterocycles. The fourth-order valence-electron chi connectivity index (χ4n) is 2.01. The lowest BCUT2D eigenvalue weighted by Crippen LogP contribution is -2.31. The van der Waals surface area contributed by atoms with Crippen molar-refractivity contribution in [2.24, 2.45) is 0 Å². The SMILES string of the molecule is CCN(CCC#N)C(=O)c1cc2cc(C)ccc2o1. The van der Waals surface area contributed by atoms with Gasteiger partial charge in [0.1, 0.15) is 5.58 Å². The fourth-order valence-corrected chi connectivity index (χ4v) is 2.01. The van der Waals surface area contributed by atoms with E-state index in [4.69, 9.17) is 9.68 Å². The van der Waals surface area contributed by atoms with Crippen LogP contribution in [0.2, 0.25) is 0 Å². The summed E-state index contributed by atoms with van der Waals surface area (Å²) in [6, 6.07) is 9.62. The molecule has 0 fully saturated rings. The molecule has 0 aliphatic heterocycles. The minimum atomic E-state index is -0.161. The average Bonchev–Trinajstić information content (AvgIpc) is 2.82. The maximum Gasteiger partial charge on any atom is 0.289 e. The van der Waals surface area contributed by atoms with Crippen LogP contribution in [0.1, 0.15) is 29.5 Å². The smallest absolute Gasteiger partial charge is 0.289 e. The molecule has 1 amide bonds. The highest BCUT2D eigenvalue weighted by Crippen LogP contribution is 2.21. The summed E-state index contributed by atoms with van der Waals surface area (Å²) in [4.78, 5) is 13.9. The number of hydrogen-bond donors (Lipinski definition) is 0. The molecule has 0 aliphatic rings. The molecule has 0 saturated heterocycles. The van der Waals surface area contributed by atoms with Crippen molar-refractivity contribution in [3.05, 3.63) is 35.6 Å².